The van der Waals surface area contributed by atoms with E-state index in [1.54, 1.807) is 18.2 Å². The fraction of sp³-hybridized carbons (Fsp3) is 0.250. The van der Waals surface area contributed by atoms with Gasteiger partial charge in [0.2, 0.25) is 5.88 Å². The molecule has 3 aromatic rings. The number of benzene rings is 1. The molecule has 0 bridgehead atoms. The molecule has 1 amide bonds. The Morgan fingerprint density at radius 3 is 2.78 bits per heavy atom. The largest absolute Gasteiger partial charge is 0.439 e. The van der Waals surface area contributed by atoms with Gasteiger partial charge in [-0.3, -0.25) is 14.4 Å². The highest BCUT2D eigenvalue weighted by molar-refractivity contribution is 6.02. The molecule has 0 fully saturated rings. The van der Waals surface area contributed by atoms with Crippen LogP contribution in [-0.2, 0) is 13.0 Å². The minimum absolute atomic E-state index is 0.0226. The third-order valence-corrected chi connectivity index (χ3v) is 5.26. The van der Waals surface area contributed by atoms with E-state index in [2.05, 4.69) is 15.3 Å². The number of ketones is 1. The maximum atomic E-state index is 13.4. The van der Waals surface area contributed by atoms with E-state index in [9.17, 15) is 18.8 Å². The number of pyridine rings is 2. The number of nitrogens with one attached hydrogen (secondary N) is 2. The summed E-state index contributed by atoms with van der Waals surface area (Å²) >= 11 is 0. The highest BCUT2D eigenvalue weighted by Gasteiger charge is 2.32. The van der Waals surface area contributed by atoms with Crippen molar-refractivity contribution in [2.75, 3.05) is 0 Å². The summed E-state index contributed by atoms with van der Waals surface area (Å²) in [6, 6.07) is 10.4. The van der Waals surface area contributed by atoms with Crippen LogP contribution in [0.25, 0.3) is 0 Å². The molecule has 4 rings (SSSR count). The molecule has 0 unspecified atom stereocenters. The van der Waals surface area contributed by atoms with Gasteiger partial charge in [-0.05, 0) is 36.1 Å². The van der Waals surface area contributed by atoms with E-state index in [-0.39, 0.29) is 34.9 Å². The van der Waals surface area contributed by atoms with Gasteiger partial charge in [-0.15, -0.1) is 0 Å². The van der Waals surface area contributed by atoms with Crippen molar-refractivity contribution >= 4 is 11.7 Å². The first-order valence-corrected chi connectivity index (χ1v) is 10.2. The Kier molecular flexibility index (Phi) is 5.61. The van der Waals surface area contributed by atoms with Crippen molar-refractivity contribution in [2.45, 2.75) is 33.2 Å². The molecule has 1 aliphatic rings. The van der Waals surface area contributed by atoms with Crippen molar-refractivity contribution in [3.63, 3.8) is 0 Å². The average Bonchev–Trinajstić information content (AvgIpc) is 2.71. The first-order valence-electron chi connectivity index (χ1n) is 10.2. The maximum Gasteiger partial charge on any atom is 0.261 e. The molecule has 32 heavy (non-hydrogen) atoms. The molecule has 0 aliphatic heterocycles. The molecule has 0 saturated heterocycles. The van der Waals surface area contributed by atoms with Crippen LogP contribution in [0.1, 0.15) is 52.2 Å². The number of hydrogen-bond acceptors (Lipinski definition) is 5. The van der Waals surface area contributed by atoms with E-state index in [0.717, 1.165) is 0 Å². The summed E-state index contributed by atoms with van der Waals surface area (Å²) in [5, 5.41) is 2.67. The topological polar surface area (TPSA) is 101 Å². The van der Waals surface area contributed by atoms with Crippen LogP contribution in [0.5, 0.6) is 11.6 Å². The zero-order chi connectivity index (χ0) is 22.9. The van der Waals surface area contributed by atoms with Gasteiger partial charge in [0, 0.05) is 42.0 Å². The molecule has 1 aromatic carbocycles. The monoisotopic (exact) mass is 435 g/mol. The lowest BCUT2D eigenvalue weighted by molar-refractivity contribution is 0.0910. The Hall–Kier alpha value is -3.81. The number of aromatic amines is 1. The number of H-pyrrole nitrogens is 1. The maximum absolute atomic E-state index is 13.4. The van der Waals surface area contributed by atoms with Gasteiger partial charge in [-0.2, -0.15) is 0 Å². The summed E-state index contributed by atoms with van der Waals surface area (Å²) in [7, 11) is 0. The zero-order valence-corrected chi connectivity index (χ0v) is 17.7. The van der Waals surface area contributed by atoms with Crippen LogP contribution in [0, 0.1) is 11.2 Å². The number of fused-ring (bicyclic) bond motifs is 1. The Balaban J connectivity index is 1.52. The second-order valence-corrected chi connectivity index (χ2v) is 8.56. The fourth-order valence-corrected chi connectivity index (χ4v) is 3.76. The molecule has 2 N–H and O–H groups in total. The number of Topliss-reactive ketones (excluding diaryl/α,β-unsaturated/α-hetero) is 1. The lowest BCUT2D eigenvalue weighted by Gasteiger charge is -2.29. The lowest BCUT2D eigenvalue weighted by atomic mass is 9.75. The minimum atomic E-state index is -0.618. The van der Waals surface area contributed by atoms with Crippen LogP contribution >= 0.6 is 0 Å². The van der Waals surface area contributed by atoms with Gasteiger partial charge in [-0.25, -0.2) is 9.37 Å². The van der Waals surface area contributed by atoms with Crippen LogP contribution in [0.4, 0.5) is 4.39 Å². The van der Waals surface area contributed by atoms with E-state index >= 15 is 0 Å². The molecule has 0 spiro atoms. The Morgan fingerprint density at radius 1 is 1.19 bits per heavy atom. The highest BCUT2D eigenvalue weighted by Crippen LogP contribution is 2.33. The molecule has 2 heterocycles. The molecule has 0 radical (unpaired) electrons. The van der Waals surface area contributed by atoms with E-state index in [1.807, 2.05) is 13.8 Å². The predicted octanol–water partition coefficient (Wildman–Crippen LogP) is 3.79. The Bertz CT molecular complexity index is 1270. The number of amides is 1. The fourth-order valence-electron chi connectivity index (χ4n) is 3.76. The van der Waals surface area contributed by atoms with Gasteiger partial charge in [0.25, 0.3) is 11.5 Å². The van der Waals surface area contributed by atoms with Crippen molar-refractivity contribution < 1.29 is 18.7 Å². The zero-order valence-electron chi connectivity index (χ0n) is 17.7. The SMILES string of the molecule is CC1(C)CC(=O)c2cc(C(=O)NCc3cccnc3Oc3cccc(F)c3)c(=O)[nH]c2C1. The van der Waals surface area contributed by atoms with Crippen molar-refractivity contribution in [3.05, 3.63) is 87.2 Å². The van der Waals surface area contributed by atoms with Gasteiger partial charge < -0.3 is 15.0 Å². The molecule has 0 atom stereocenters. The highest BCUT2D eigenvalue weighted by atomic mass is 19.1. The number of carbonyl (C=O) groups is 2. The molecule has 8 heteroatoms. The molecular weight excluding hydrogens is 413 g/mol. The number of halogens is 1. The molecule has 7 nitrogen and oxygen atoms in total. The van der Waals surface area contributed by atoms with E-state index in [0.29, 0.717) is 29.7 Å². The van der Waals surface area contributed by atoms with Crippen LogP contribution < -0.4 is 15.6 Å². The number of nitrogens with zero attached hydrogens (tertiary/aromatic N) is 1. The van der Waals surface area contributed by atoms with Crippen LogP contribution in [0.3, 0.4) is 0 Å². The lowest BCUT2D eigenvalue weighted by Crippen LogP contribution is -2.34. The standard InChI is InChI=1S/C24H22FN3O4/c1-24(2)11-19-17(20(29)12-24)10-18(22(31)28-19)21(30)27-13-14-5-4-8-26-23(14)32-16-7-3-6-15(25)9-16/h3-10H,11-13H2,1-2H3,(H,27,30)(H,28,31). The van der Waals surface area contributed by atoms with Crippen molar-refractivity contribution in [1.29, 1.82) is 0 Å². The Morgan fingerprint density at radius 2 is 2.00 bits per heavy atom. The quantitative estimate of drug-likeness (QED) is 0.635. The van der Waals surface area contributed by atoms with Gasteiger partial charge in [0.1, 0.15) is 17.1 Å². The summed E-state index contributed by atoms with van der Waals surface area (Å²) < 4.78 is 19.1. The van der Waals surface area contributed by atoms with E-state index < -0.39 is 17.3 Å². The third kappa shape index (κ3) is 4.59. The van der Waals surface area contributed by atoms with Crippen molar-refractivity contribution in [1.82, 2.24) is 15.3 Å². The van der Waals surface area contributed by atoms with Gasteiger partial charge >= 0.3 is 0 Å². The number of ether oxygens (including phenoxy) is 1. The van der Waals surface area contributed by atoms with Crippen molar-refractivity contribution in [2.24, 2.45) is 5.41 Å². The molecule has 1 aliphatic carbocycles. The van der Waals surface area contributed by atoms with Crippen LogP contribution in [0.15, 0.2) is 53.5 Å². The molecular formula is C24H22FN3O4. The number of aromatic nitrogens is 2. The first kappa shape index (κ1) is 21.4. The third-order valence-electron chi connectivity index (χ3n) is 5.26. The molecule has 0 saturated carbocycles. The Labute approximate surface area is 183 Å². The number of rotatable bonds is 5. The second-order valence-electron chi connectivity index (χ2n) is 8.56. The van der Waals surface area contributed by atoms with Crippen LogP contribution in [-0.4, -0.2) is 21.7 Å². The smallest absolute Gasteiger partial charge is 0.261 e. The normalized spacial score (nSPS) is 14.5. The van der Waals surface area contributed by atoms with Gasteiger partial charge in [-0.1, -0.05) is 26.0 Å². The summed E-state index contributed by atoms with van der Waals surface area (Å²) in [4.78, 5) is 44.6. The molecule has 2 aromatic heterocycles. The van der Waals surface area contributed by atoms with E-state index in [1.165, 1.54) is 30.5 Å². The summed E-state index contributed by atoms with van der Waals surface area (Å²) in [6.45, 7) is 3.95. The van der Waals surface area contributed by atoms with Gasteiger partial charge in [0.05, 0.1) is 0 Å². The summed E-state index contributed by atoms with van der Waals surface area (Å²) in [5.41, 5.74) is 0.561. The average molecular weight is 435 g/mol. The minimum Gasteiger partial charge on any atom is -0.439 e. The molecule has 164 valence electrons. The summed E-state index contributed by atoms with van der Waals surface area (Å²) in [6.07, 6.45) is 2.42. The predicted molar refractivity (Wildman–Crippen MR) is 115 cm³/mol. The first-order chi connectivity index (χ1) is 15.2. The number of carbonyl (C=O) groups excluding carboxylic acids is 2. The van der Waals surface area contributed by atoms with E-state index in [4.69, 9.17) is 4.74 Å². The second kappa shape index (κ2) is 8.37. The van der Waals surface area contributed by atoms with Crippen molar-refractivity contribution in [3.8, 4) is 11.6 Å². The summed E-state index contributed by atoms with van der Waals surface area (Å²) in [5.74, 6) is -0.691. The number of hydrogen-bond donors (Lipinski definition) is 2. The van der Waals surface area contributed by atoms with Gasteiger partial charge in [0.15, 0.2) is 5.78 Å². The van der Waals surface area contributed by atoms with Crippen LogP contribution in [0.2, 0.25) is 0 Å².